The van der Waals surface area contributed by atoms with Crippen molar-refractivity contribution in [2.24, 2.45) is 0 Å². The van der Waals surface area contributed by atoms with Crippen LogP contribution in [0.25, 0.3) is 0 Å². The Morgan fingerprint density at radius 3 is 1.94 bits per heavy atom. The van der Waals surface area contributed by atoms with E-state index in [4.69, 9.17) is 9.05 Å². The van der Waals surface area contributed by atoms with Gasteiger partial charge in [-0.2, -0.15) is 0 Å². The van der Waals surface area contributed by atoms with E-state index < -0.39 is 7.60 Å². The summed E-state index contributed by atoms with van der Waals surface area (Å²) in [5.74, 6) is 0. The second kappa shape index (κ2) is 10.4. The topological polar surface area (TPSA) is 35.5 Å². The average molecular weight is 459 g/mol. The molecule has 3 nitrogen and oxygen atoms in total. The summed E-state index contributed by atoms with van der Waals surface area (Å²) in [5, 5.41) is 0.944. The molecule has 0 saturated heterocycles. The largest absolute Gasteiger partial charge is 0.330 e. The third-order valence-corrected chi connectivity index (χ3v) is 7.58. The van der Waals surface area contributed by atoms with Gasteiger partial charge in [-0.25, -0.2) is 0 Å². The molecular formula is C10H20Br3O3P. The summed E-state index contributed by atoms with van der Waals surface area (Å²) in [7, 11) is -2.89. The van der Waals surface area contributed by atoms with Crippen molar-refractivity contribution in [3.05, 3.63) is 0 Å². The fourth-order valence-corrected chi connectivity index (χ4v) is 5.47. The predicted octanol–water partition coefficient (Wildman–Crippen LogP) is 4.95. The first-order valence-corrected chi connectivity index (χ1v) is 10.4. The van der Waals surface area contributed by atoms with Gasteiger partial charge >= 0.3 is 7.60 Å². The van der Waals surface area contributed by atoms with Crippen LogP contribution in [0, 0.1) is 0 Å². The molecule has 0 aromatic carbocycles. The molecule has 0 aliphatic rings. The molecule has 2 unspecified atom stereocenters. The first-order valence-electron chi connectivity index (χ1n) is 5.71. The van der Waals surface area contributed by atoms with Gasteiger partial charge in [0.1, 0.15) is 0 Å². The van der Waals surface area contributed by atoms with Crippen molar-refractivity contribution in [1.82, 2.24) is 0 Å². The molecule has 0 aromatic heterocycles. The molecule has 0 heterocycles. The van der Waals surface area contributed by atoms with E-state index in [0.29, 0.717) is 24.2 Å². The van der Waals surface area contributed by atoms with Gasteiger partial charge in [-0.05, 0) is 26.7 Å². The third-order valence-electron chi connectivity index (χ3n) is 2.11. The molecule has 0 spiro atoms. The molecule has 0 fully saturated rings. The molecule has 0 radical (unpaired) electrons. The van der Waals surface area contributed by atoms with E-state index in [2.05, 4.69) is 47.8 Å². The Morgan fingerprint density at radius 2 is 1.53 bits per heavy atom. The van der Waals surface area contributed by atoms with Gasteiger partial charge in [-0.15, -0.1) is 0 Å². The first-order chi connectivity index (χ1) is 7.99. The van der Waals surface area contributed by atoms with Gasteiger partial charge in [-0.3, -0.25) is 4.57 Å². The zero-order chi connectivity index (χ0) is 13.3. The van der Waals surface area contributed by atoms with Gasteiger partial charge in [0.15, 0.2) is 0 Å². The van der Waals surface area contributed by atoms with Gasteiger partial charge in [0.2, 0.25) is 0 Å². The number of hydrogen-bond donors (Lipinski definition) is 0. The minimum Gasteiger partial charge on any atom is -0.309 e. The Morgan fingerprint density at radius 1 is 1.06 bits per heavy atom. The molecule has 0 aliphatic heterocycles. The second-order valence-corrected chi connectivity index (χ2v) is 8.80. The van der Waals surface area contributed by atoms with Crippen LogP contribution >= 0.6 is 55.4 Å². The van der Waals surface area contributed by atoms with E-state index in [1.54, 1.807) is 0 Å². The standard InChI is InChI=1S/C10H20Br3O3P/c1-3-15-17(14,16-4-2)8-6-10(13)9(12)5-7-11/h9-10H,3-8H2,1-2H3. The lowest BCUT2D eigenvalue weighted by Gasteiger charge is -2.20. The first kappa shape index (κ1) is 18.6. The molecule has 104 valence electrons. The van der Waals surface area contributed by atoms with Crippen LogP contribution in [0.4, 0.5) is 0 Å². The lowest BCUT2D eigenvalue weighted by atomic mass is 10.2. The Hall–Kier alpha value is 1.59. The lowest BCUT2D eigenvalue weighted by Crippen LogP contribution is -2.16. The van der Waals surface area contributed by atoms with Crippen LogP contribution in [0.2, 0.25) is 0 Å². The summed E-state index contributed by atoms with van der Waals surface area (Å²) < 4.78 is 22.7. The fraction of sp³-hybridized carbons (Fsp3) is 1.00. The average Bonchev–Trinajstić information content (AvgIpc) is 2.27. The fourth-order valence-electron chi connectivity index (χ4n) is 1.31. The van der Waals surface area contributed by atoms with Crippen molar-refractivity contribution in [2.75, 3.05) is 24.7 Å². The molecule has 0 amide bonds. The van der Waals surface area contributed by atoms with E-state index in [-0.39, 0.29) is 4.83 Å². The highest BCUT2D eigenvalue weighted by molar-refractivity contribution is 9.12. The predicted molar refractivity (Wildman–Crippen MR) is 84.2 cm³/mol. The summed E-state index contributed by atoms with van der Waals surface area (Å²) in [6, 6.07) is 0. The van der Waals surface area contributed by atoms with E-state index in [9.17, 15) is 4.57 Å². The Kier molecular flexibility index (Phi) is 11.4. The Labute approximate surface area is 129 Å². The van der Waals surface area contributed by atoms with Gasteiger partial charge in [0.05, 0.1) is 19.4 Å². The molecular weight excluding hydrogens is 439 g/mol. The molecule has 17 heavy (non-hydrogen) atoms. The molecule has 2 atom stereocenters. The summed E-state index contributed by atoms with van der Waals surface area (Å²) in [5.41, 5.74) is 0. The second-order valence-electron chi connectivity index (χ2n) is 3.47. The highest BCUT2D eigenvalue weighted by Gasteiger charge is 2.26. The molecule has 7 heteroatoms. The SMILES string of the molecule is CCOP(=O)(CCC(Br)C(Br)CCBr)OCC. The van der Waals surface area contributed by atoms with Crippen molar-refractivity contribution in [3.63, 3.8) is 0 Å². The summed E-state index contributed by atoms with van der Waals surface area (Å²) >= 11 is 10.6. The van der Waals surface area contributed by atoms with Crippen molar-refractivity contribution < 1.29 is 13.6 Å². The minimum atomic E-state index is -2.89. The summed E-state index contributed by atoms with van der Waals surface area (Å²) in [6.45, 7) is 4.50. The number of rotatable bonds is 10. The van der Waals surface area contributed by atoms with Crippen LogP contribution in [-0.4, -0.2) is 34.4 Å². The van der Waals surface area contributed by atoms with Crippen LogP contribution < -0.4 is 0 Å². The maximum atomic E-state index is 12.2. The zero-order valence-corrected chi connectivity index (χ0v) is 15.9. The quantitative estimate of drug-likeness (QED) is 0.343. The van der Waals surface area contributed by atoms with Gasteiger partial charge in [-0.1, -0.05) is 47.8 Å². The van der Waals surface area contributed by atoms with Crippen LogP contribution in [0.15, 0.2) is 0 Å². The van der Waals surface area contributed by atoms with Gasteiger partial charge < -0.3 is 9.05 Å². The summed E-state index contributed by atoms with van der Waals surface area (Å²) in [6.07, 6.45) is 2.23. The Balaban J connectivity index is 4.16. The number of hydrogen-bond acceptors (Lipinski definition) is 3. The minimum absolute atomic E-state index is 0.272. The third kappa shape index (κ3) is 8.38. The zero-order valence-electron chi connectivity index (χ0n) is 10.2. The number of alkyl halides is 3. The van der Waals surface area contributed by atoms with Crippen molar-refractivity contribution in [2.45, 2.75) is 36.3 Å². The smallest absolute Gasteiger partial charge is 0.309 e. The van der Waals surface area contributed by atoms with E-state index in [1.807, 2.05) is 13.8 Å². The van der Waals surface area contributed by atoms with Gasteiger partial charge in [0, 0.05) is 15.0 Å². The molecule has 0 saturated carbocycles. The van der Waals surface area contributed by atoms with Gasteiger partial charge in [0.25, 0.3) is 0 Å². The van der Waals surface area contributed by atoms with E-state index >= 15 is 0 Å². The summed E-state index contributed by atoms with van der Waals surface area (Å²) in [4.78, 5) is 0.632. The van der Waals surface area contributed by atoms with Crippen LogP contribution in [0.3, 0.4) is 0 Å². The highest BCUT2D eigenvalue weighted by atomic mass is 79.9. The van der Waals surface area contributed by atoms with Crippen LogP contribution in [0.1, 0.15) is 26.7 Å². The van der Waals surface area contributed by atoms with Crippen LogP contribution in [0.5, 0.6) is 0 Å². The molecule has 0 aliphatic carbocycles. The van der Waals surface area contributed by atoms with Crippen molar-refractivity contribution >= 4 is 55.4 Å². The van der Waals surface area contributed by atoms with E-state index in [0.717, 1.165) is 18.2 Å². The normalized spacial score (nSPS) is 15.8. The maximum Gasteiger partial charge on any atom is 0.330 e. The number of halogens is 3. The Bertz CT molecular complexity index is 231. The molecule has 0 rings (SSSR count). The lowest BCUT2D eigenvalue weighted by molar-refractivity contribution is 0.219. The van der Waals surface area contributed by atoms with Crippen molar-refractivity contribution in [3.8, 4) is 0 Å². The van der Waals surface area contributed by atoms with Crippen LogP contribution in [-0.2, 0) is 13.6 Å². The van der Waals surface area contributed by atoms with E-state index in [1.165, 1.54) is 0 Å². The monoisotopic (exact) mass is 456 g/mol. The maximum absolute atomic E-state index is 12.2. The molecule has 0 N–H and O–H groups in total. The molecule has 0 bridgehead atoms. The molecule has 0 aromatic rings. The highest BCUT2D eigenvalue weighted by Crippen LogP contribution is 2.49. The van der Waals surface area contributed by atoms with Crippen molar-refractivity contribution in [1.29, 1.82) is 0 Å².